The Bertz CT molecular complexity index is 1010. The third-order valence-corrected chi connectivity index (χ3v) is 5.35. The predicted molar refractivity (Wildman–Crippen MR) is 98.0 cm³/mol. The number of imidazole rings is 1. The molecule has 8 nitrogen and oxygen atoms in total. The molecule has 0 saturated carbocycles. The standard InChI is InChI=1S/C20H19N3O5/c1-2-10-3-5-11(6-4-10)21-12-7-13(24)16-17(18(12)26)23-15(22-16)9-27-19-14(25)8-28-20(19)23/h3-7,14,19-21,25H,2,8-9H2,1H3/t14-,19-,20+/m1/s1. The van der Waals surface area contributed by atoms with E-state index in [1.165, 1.54) is 11.6 Å². The van der Waals surface area contributed by atoms with E-state index in [9.17, 15) is 14.7 Å². The monoisotopic (exact) mass is 381 g/mol. The largest absolute Gasteiger partial charge is 0.388 e. The van der Waals surface area contributed by atoms with E-state index in [4.69, 9.17) is 9.47 Å². The van der Waals surface area contributed by atoms with Gasteiger partial charge in [0.05, 0.1) is 12.3 Å². The highest BCUT2D eigenvalue weighted by atomic mass is 16.6. The molecule has 1 fully saturated rings. The fraction of sp³-hybridized carbons (Fsp3) is 0.350. The number of fused-ring (bicyclic) bond motifs is 5. The molecule has 0 radical (unpaired) electrons. The number of rotatable bonds is 3. The van der Waals surface area contributed by atoms with Crippen molar-refractivity contribution in [2.75, 3.05) is 11.9 Å². The molecule has 1 aromatic heterocycles. The molecule has 2 N–H and O–H groups in total. The van der Waals surface area contributed by atoms with Gasteiger partial charge < -0.3 is 19.9 Å². The molecule has 0 unspecified atom stereocenters. The van der Waals surface area contributed by atoms with Crippen molar-refractivity contribution in [1.29, 1.82) is 0 Å². The number of hydrogen-bond donors (Lipinski definition) is 2. The lowest BCUT2D eigenvalue weighted by molar-refractivity contribution is -0.0992. The van der Waals surface area contributed by atoms with Gasteiger partial charge in [0, 0.05) is 11.8 Å². The number of benzene rings is 1. The van der Waals surface area contributed by atoms with Gasteiger partial charge in [-0.15, -0.1) is 0 Å². The van der Waals surface area contributed by atoms with E-state index in [1.54, 1.807) is 4.57 Å². The highest BCUT2D eigenvalue weighted by molar-refractivity contribution is 6.24. The summed E-state index contributed by atoms with van der Waals surface area (Å²) in [5.41, 5.74) is 2.37. The van der Waals surface area contributed by atoms with Crippen LogP contribution in [0.15, 0.2) is 36.0 Å². The van der Waals surface area contributed by atoms with Crippen LogP contribution in [0.25, 0.3) is 0 Å². The topological polar surface area (TPSA) is 103 Å². The van der Waals surface area contributed by atoms with Crippen molar-refractivity contribution in [3.8, 4) is 0 Å². The summed E-state index contributed by atoms with van der Waals surface area (Å²) in [6.45, 7) is 2.28. The first kappa shape index (κ1) is 17.3. The Hall–Kier alpha value is -2.81. The molecule has 3 heterocycles. The van der Waals surface area contributed by atoms with Crippen molar-refractivity contribution in [3.63, 3.8) is 0 Å². The van der Waals surface area contributed by atoms with Crippen molar-refractivity contribution >= 4 is 17.3 Å². The highest BCUT2D eigenvalue weighted by Gasteiger charge is 2.46. The summed E-state index contributed by atoms with van der Waals surface area (Å²) in [7, 11) is 0. The molecule has 28 heavy (non-hydrogen) atoms. The van der Waals surface area contributed by atoms with E-state index < -0.39 is 18.4 Å². The molecule has 0 spiro atoms. The number of ketones is 2. The lowest BCUT2D eigenvalue weighted by atomic mass is 10.0. The van der Waals surface area contributed by atoms with Crippen LogP contribution >= 0.6 is 0 Å². The number of carbonyl (C=O) groups excluding carboxylic acids is 2. The summed E-state index contributed by atoms with van der Waals surface area (Å²) in [4.78, 5) is 30.1. The molecule has 144 valence electrons. The Morgan fingerprint density at radius 2 is 2.04 bits per heavy atom. The minimum Gasteiger partial charge on any atom is -0.388 e. The number of anilines is 1. The number of aryl methyl sites for hydroxylation is 1. The number of aromatic nitrogens is 2. The molecule has 3 atom stereocenters. The summed E-state index contributed by atoms with van der Waals surface area (Å²) in [5, 5.41) is 13.1. The van der Waals surface area contributed by atoms with Crippen LogP contribution in [0.4, 0.5) is 5.69 Å². The molecule has 2 aliphatic heterocycles. The number of hydrogen-bond acceptors (Lipinski definition) is 7. The van der Waals surface area contributed by atoms with Crippen LogP contribution < -0.4 is 5.32 Å². The van der Waals surface area contributed by atoms with Gasteiger partial charge in [-0.1, -0.05) is 19.1 Å². The molecule has 1 aromatic carbocycles. The minimum absolute atomic E-state index is 0.0983. The Kier molecular flexibility index (Phi) is 3.94. The van der Waals surface area contributed by atoms with Gasteiger partial charge in [0.1, 0.15) is 36.0 Å². The highest BCUT2D eigenvalue weighted by Crippen LogP contribution is 2.37. The third-order valence-electron chi connectivity index (χ3n) is 5.35. The van der Waals surface area contributed by atoms with Crippen LogP contribution in [0.1, 0.15) is 45.5 Å². The molecule has 1 saturated heterocycles. The summed E-state index contributed by atoms with van der Waals surface area (Å²) in [6.07, 6.45) is 0.158. The van der Waals surface area contributed by atoms with Gasteiger partial charge in [-0.2, -0.15) is 0 Å². The van der Waals surface area contributed by atoms with E-state index in [-0.39, 0.29) is 41.9 Å². The maximum Gasteiger partial charge on any atom is 0.228 e. The number of allylic oxidation sites excluding steroid dienone is 2. The van der Waals surface area contributed by atoms with Gasteiger partial charge in [0.25, 0.3) is 0 Å². The molecule has 5 rings (SSSR count). The van der Waals surface area contributed by atoms with Crippen molar-refractivity contribution in [2.24, 2.45) is 0 Å². The summed E-state index contributed by atoms with van der Waals surface area (Å²) >= 11 is 0. The normalized spacial score (nSPS) is 25.8. The van der Waals surface area contributed by atoms with Gasteiger partial charge in [0.15, 0.2) is 6.23 Å². The molecule has 2 aromatic rings. The molecule has 3 aliphatic rings. The minimum atomic E-state index is -0.782. The third kappa shape index (κ3) is 2.53. The molecule has 1 aliphatic carbocycles. The van der Waals surface area contributed by atoms with Crippen LogP contribution in [-0.2, 0) is 22.5 Å². The summed E-state index contributed by atoms with van der Waals surface area (Å²) in [6, 6.07) is 7.69. The zero-order valence-electron chi connectivity index (χ0n) is 15.2. The Balaban J connectivity index is 1.51. The number of ether oxygens (including phenoxy) is 2. The fourth-order valence-corrected chi connectivity index (χ4v) is 3.87. The van der Waals surface area contributed by atoms with Crippen molar-refractivity contribution in [2.45, 2.75) is 38.4 Å². The first-order valence-corrected chi connectivity index (χ1v) is 9.26. The number of aliphatic hydroxyl groups is 1. The van der Waals surface area contributed by atoms with Crippen LogP contribution in [0.2, 0.25) is 0 Å². The van der Waals surface area contributed by atoms with Gasteiger partial charge in [-0.05, 0) is 24.1 Å². The molecule has 0 bridgehead atoms. The summed E-state index contributed by atoms with van der Waals surface area (Å²) < 4.78 is 12.9. The van der Waals surface area contributed by atoms with Crippen molar-refractivity contribution < 1.29 is 24.2 Å². The molecule has 0 amide bonds. The van der Waals surface area contributed by atoms with Gasteiger partial charge in [-0.25, -0.2) is 4.98 Å². The van der Waals surface area contributed by atoms with E-state index in [0.29, 0.717) is 5.82 Å². The van der Waals surface area contributed by atoms with Gasteiger partial charge >= 0.3 is 0 Å². The summed E-state index contributed by atoms with van der Waals surface area (Å²) in [5.74, 6) is -0.234. The first-order valence-electron chi connectivity index (χ1n) is 9.26. The van der Waals surface area contributed by atoms with E-state index in [0.717, 1.165) is 12.1 Å². The van der Waals surface area contributed by atoms with Gasteiger partial charge in [0.2, 0.25) is 11.6 Å². The van der Waals surface area contributed by atoms with Crippen LogP contribution in [0.3, 0.4) is 0 Å². The Morgan fingerprint density at radius 3 is 2.79 bits per heavy atom. The quantitative estimate of drug-likeness (QED) is 0.833. The Labute approximate surface area is 160 Å². The number of nitrogens with zero attached hydrogens (tertiary/aromatic N) is 2. The zero-order chi connectivity index (χ0) is 19.4. The SMILES string of the molecule is CCc1ccc(NC2=CC(=O)c3nc4n(c3C2=O)[C@H]2OC[C@@H](O)[C@H]2OC4)cc1. The van der Waals surface area contributed by atoms with E-state index in [1.807, 2.05) is 24.3 Å². The first-order chi connectivity index (χ1) is 13.6. The van der Waals surface area contributed by atoms with Crippen molar-refractivity contribution in [3.05, 3.63) is 58.8 Å². The number of nitrogens with one attached hydrogen (secondary N) is 1. The zero-order valence-corrected chi connectivity index (χ0v) is 15.2. The number of carbonyl (C=O) groups is 2. The lowest BCUT2D eigenvalue weighted by Gasteiger charge is -2.29. The number of Topliss-reactive ketones (excluding diaryl/α,β-unsaturated/α-hetero) is 1. The fourth-order valence-electron chi connectivity index (χ4n) is 3.87. The van der Waals surface area contributed by atoms with E-state index >= 15 is 0 Å². The number of aliphatic hydroxyl groups excluding tert-OH is 1. The average Bonchev–Trinajstić information content (AvgIpc) is 3.28. The maximum atomic E-state index is 13.2. The second-order valence-electron chi connectivity index (χ2n) is 7.09. The lowest BCUT2D eigenvalue weighted by Crippen LogP contribution is -2.38. The maximum absolute atomic E-state index is 13.2. The van der Waals surface area contributed by atoms with Crippen LogP contribution in [0, 0.1) is 0 Å². The van der Waals surface area contributed by atoms with Crippen LogP contribution in [0.5, 0.6) is 0 Å². The second-order valence-corrected chi connectivity index (χ2v) is 7.09. The second kappa shape index (κ2) is 6.37. The van der Waals surface area contributed by atoms with Crippen molar-refractivity contribution in [1.82, 2.24) is 9.55 Å². The average molecular weight is 381 g/mol. The molecular formula is C20H19N3O5. The smallest absolute Gasteiger partial charge is 0.228 e. The Morgan fingerprint density at radius 1 is 1.25 bits per heavy atom. The van der Waals surface area contributed by atoms with E-state index in [2.05, 4.69) is 17.2 Å². The molecule has 8 heteroatoms. The van der Waals surface area contributed by atoms with Crippen LogP contribution in [-0.4, -0.2) is 45.0 Å². The molecular weight excluding hydrogens is 362 g/mol. The van der Waals surface area contributed by atoms with Gasteiger partial charge in [-0.3, -0.25) is 14.2 Å². The predicted octanol–water partition coefficient (Wildman–Crippen LogP) is 1.61.